The third kappa shape index (κ3) is 5.89. The Hall–Kier alpha value is -4.00. The molecular weight excluding hydrogens is 558 g/mol. The average molecular weight is 598 g/mol. The van der Waals surface area contributed by atoms with Crippen molar-refractivity contribution in [3.8, 4) is 11.4 Å². The number of urea groups is 1. The number of aromatic nitrogens is 3. The number of amides is 2. The third-order valence-electron chi connectivity index (χ3n) is 9.30. The molecular formula is C32H39N9O3. The van der Waals surface area contributed by atoms with Crippen molar-refractivity contribution in [2.75, 3.05) is 84.3 Å². The highest BCUT2D eigenvalue weighted by molar-refractivity contribution is 5.99. The van der Waals surface area contributed by atoms with Crippen LogP contribution in [0.1, 0.15) is 19.3 Å². The fourth-order valence-electron chi connectivity index (χ4n) is 7.05. The molecule has 2 unspecified atom stereocenters. The minimum atomic E-state index is -0.290. The zero-order valence-electron chi connectivity index (χ0n) is 24.8. The minimum Gasteiger partial charge on any atom is -0.376 e. The van der Waals surface area contributed by atoms with Gasteiger partial charge in [0.25, 0.3) is 0 Å². The lowest BCUT2D eigenvalue weighted by Gasteiger charge is -2.34. The number of carbonyl (C=O) groups excluding carboxylic acids is 1. The van der Waals surface area contributed by atoms with Gasteiger partial charge in [-0.3, -0.25) is 0 Å². The van der Waals surface area contributed by atoms with Crippen LogP contribution >= 0.6 is 0 Å². The lowest BCUT2D eigenvalue weighted by molar-refractivity contribution is 0.0299. The zero-order chi connectivity index (χ0) is 29.5. The number of hydrogen-bond acceptors (Lipinski definition) is 10. The van der Waals surface area contributed by atoms with Gasteiger partial charge in [0.05, 0.1) is 24.9 Å². The van der Waals surface area contributed by atoms with Crippen molar-refractivity contribution in [3.05, 3.63) is 48.5 Å². The van der Waals surface area contributed by atoms with E-state index in [1.54, 1.807) is 0 Å². The van der Waals surface area contributed by atoms with E-state index in [1.807, 2.05) is 36.4 Å². The van der Waals surface area contributed by atoms with Crippen LogP contribution in [-0.4, -0.2) is 98.3 Å². The zero-order valence-corrected chi connectivity index (χ0v) is 24.8. The number of hydrogen-bond donors (Lipinski definition) is 3. The number of ether oxygens (including phenoxy) is 2. The Morgan fingerprint density at radius 1 is 0.750 bits per heavy atom. The highest BCUT2D eigenvalue weighted by Gasteiger charge is 2.37. The highest BCUT2D eigenvalue weighted by Crippen LogP contribution is 2.33. The standard InChI is InChI=1S/C32H39N9O3/c42-32(35-24-5-7-25(8-6-24)39-13-11-33-12-14-39)34-23-3-1-22(2-4-23)29-36-30(40-16-21-15-28(19-40)43-20-21)38-31(37-29)41-17-26-9-10-27(18-41)44-26/h1-8,21,26-28,33H,9-20H2,(H2,34,35,42)/t21?,26-,27+,28?. The van der Waals surface area contributed by atoms with Gasteiger partial charge in [-0.05, 0) is 67.8 Å². The van der Waals surface area contributed by atoms with E-state index in [4.69, 9.17) is 24.4 Å². The second kappa shape index (κ2) is 11.8. The minimum absolute atomic E-state index is 0.235. The van der Waals surface area contributed by atoms with Crippen LogP contribution in [0.2, 0.25) is 0 Å². The third-order valence-corrected chi connectivity index (χ3v) is 9.30. The van der Waals surface area contributed by atoms with Crippen molar-refractivity contribution in [2.24, 2.45) is 5.92 Å². The normalized spacial score (nSPS) is 26.1. The summed E-state index contributed by atoms with van der Waals surface area (Å²) in [6, 6.07) is 15.4. The van der Waals surface area contributed by atoms with Crippen LogP contribution in [0.25, 0.3) is 11.4 Å². The van der Waals surface area contributed by atoms with Gasteiger partial charge in [0.15, 0.2) is 5.82 Å². The molecule has 44 heavy (non-hydrogen) atoms. The summed E-state index contributed by atoms with van der Waals surface area (Å²) in [4.78, 5) is 34.5. The Bertz CT molecular complexity index is 1410. The summed E-state index contributed by atoms with van der Waals surface area (Å²) < 4.78 is 12.0. The maximum absolute atomic E-state index is 12.8. The summed E-state index contributed by atoms with van der Waals surface area (Å²) in [6.07, 6.45) is 3.98. The van der Waals surface area contributed by atoms with Gasteiger partial charge in [0.2, 0.25) is 11.9 Å². The predicted molar refractivity (Wildman–Crippen MR) is 170 cm³/mol. The van der Waals surface area contributed by atoms with Crippen LogP contribution in [0.4, 0.5) is 33.8 Å². The lowest BCUT2D eigenvalue weighted by Crippen LogP contribution is -2.44. The number of benzene rings is 2. The summed E-state index contributed by atoms with van der Waals surface area (Å²) in [7, 11) is 0. The maximum Gasteiger partial charge on any atom is 0.323 e. The van der Waals surface area contributed by atoms with Gasteiger partial charge in [-0.2, -0.15) is 15.0 Å². The van der Waals surface area contributed by atoms with Crippen LogP contribution < -0.4 is 30.7 Å². The smallest absolute Gasteiger partial charge is 0.323 e. The van der Waals surface area contributed by atoms with E-state index in [2.05, 4.69) is 42.8 Å². The van der Waals surface area contributed by atoms with E-state index in [1.165, 1.54) is 5.69 Å². The van der Waals surface area contributed by atoms with Crippen molar-refractivity contribution in [2.45, 2.75) is 37.6 Å². The van der Waals surface area contributed by atoms with Crippen LogP contribution in [0.3, 0.4) is 0 Å². The molecule has 4 atom stereocenters. The van der Waals surface area contributed by atoms with Crippen LogP contribution in [-0.2, 0) is 9.47 Å². The molecule has 6 heterocycles. The number of nitrogens with one attached hydrogen (secondary N) is 3. The highest BCUT2D eigenvalue weighted by atomic mass is 16.5. The number of carbonyl (C=O) groups is 1. The molecule has 0 radical (unpaired) electrons. The van der Waals surface area contributed by atoms with Crippen molar-refractivity contribution < 1.29 is 14.3 Å². The van der Waals surface area contributed by atoms with E-state index >= 15 is 0 Å². The van der Waals surface area contributed by atoms with Gasteiger partial charge in [0, 0.05) is 80.9 Å². The molecule has 5 saturated heterocycles. The second-order valence-corrected chi connectivity index (χ2v) is 12.5. The largest absolute Gasteiger partial charge is 0.376 e. The van der Waals surface area contributed by atoms with E-state index < -0.39 is 0 Å². The molecule has 0 aliphatic carbocycles. The van der Waals surface area contributed by atoms with E-state index in [0.29, 0.717) is 29.3 Å². The van der Waals surface area contributed by atoms with Gasteiger partial charge in [0.1, 0.15) is 0 Å². The molecule has 1 aromatic heterocycles. The summed E-state index contributed by atoms with van der Waals surface area (Å²) in [5.41, 5.74) is 3.47. The van der Waals surface area contributed by atoms with Gasteiger partial charge in [-0.25, -0.2) is 4.79 Å². The first-order valence-electron chi connectivity index (χ1n) is 15.9. The second-order valence-electron chi connectivity index (χ2n) is 12.5. The fraction of sp³-hybridized carbons (Fsp3) is 0.500. The monoisotopic (exact) mass is 597 g/mol. The average Bonchev–Trinajstić information content (AvgIpc) is 3.59. The quantitative estimate of drug-likeness (QED) is 0.391. The first-order valence-corrected chi connectivity index (χ1v) is 15.9. The van der Waals surface area contributed by atoms with E-state index in [-0.39, 0.29) is 24.3 Å². The first-order chi connectivity index (χ1) is 21.6. The number of piperazine rings is 1. The Labute approximate surface area is 257 Å². The number of rotatable bonds is 6. The topological polar surface area (TPSA) is 120 Å². The number of anilines is 5. The van der Waals surface area contributed by atoms with Gasteiger partial charge in [-0.15, -0.1) is 0 Å². The molecule has 3 N–H and O–H groups in total. The summed E-state index contributed by atoms with van der Waals surface area (Å²) in [5, 5.41) is 9.24. The first kappa shape index (κ1) is 27.5. The molecule has 0 spiro atoms. The van der Waals surface area contributed by atoms with Crippen LogP contribution in [0.5, 0.6) is 0 Å². The number of fused-ring (bicyclic) bond motifs is 4. The fourth-order valence-corrected chi connectivity index (χ4v) is 7.05. The Kier molecular flexibility index (Phi) is 7.40. The van der Waals surface area contributed by atoms with E-state index in [9.17, 15) is 4.79 Å². The van der Waals surface area contributed by atoms with Crippen molar-refractivity contribution in [3.63, 3.8) is 0 Å². The molecule has 3 aromatic rings. The molecule has 8 rings (SSSR count). The molecule has 4 bridgehead atoms. The number of nitrogens with zero attached hydrogens (tertiary/aromatic N) is 6. The molecule has 0 saturated carbocycles. The summed E-state index contributed by atoms with van der Waals surface area (Å²) >= 11 is 0. The number of piperidine rings is 1. The van der Waals surface area contributed by atoms with Gasteiger partial charge < -0.3 is 40.1 Å². The Morgan fingerprint density at radius 3 is 2.02 bits per heavy atom. The molecule has 5 aliphatic heterocycles. The maximum atomic E-state index is 12.8. The Morgan fingerprint density at radius 2 is 1.36 bits per heavy atom. The van der Waals surface area contributed by atoms with Crippen molar-refractivity contribution >= 4 is 35.0 Å². The molecule has 5 aliphatic rings. The van der Waals surface area contributed by atoms with Gasteiger partial charge >= 0.3 is 6.03 Å². The molecule has 2 amide bonds. The Balaban J connectivity index is 0.973. The summed E-state index contributed by atoms with van der Waals surface area (Å²) in [6.45, 7) is 8.03. The van der Waals surface area contributed by atoms with Crippen molar-refractivity contribution in [1.82, 2.24) is 20.3 Å². The number of morpholine rings is 1. The molecule has 230 valence electrons. The van der Waals surface area contributed by atoms with E-state index in [0.717, 1.165) is 89.5 Å². The van der Waals surface area contributed by atoms with Gasteiger partial charge in [-0.1, -0.05) is 0 Å². The predicted octanol–water partition coefficient (Wildman–Crippen LogP) is 3.18. The molecule has 2 aromatic carbocycles. The molecule has 12 nitrogen and oxygen atoms in total. The van der Waals surface area contributed by atoms with Crippen LogP contribution in [0, 0.1) is 5.92 Å². The van der Waals surface area contributed by atoms with Crippen LogP contribution in [0.15, 0.2) is 48.5 Å². The van der Waals surface area contributed by atoms with Crippen molar-refractivity contribution in [1.29, 1.82) is 0 Å². The molecule has 5 fully saturated rings. The summed E-state index contributed by atoms with van der Waals surface area (Å²) in [5.74, 6) is 2.55. The lowest BCUT2D eigenvalue weighted by atomic mass is 10.0. The SMILES string of the molecule is O=C(Nc1ccc(-c2nc(N3CC4COC(C4)C3)nc(N3C[C@H]4CC[C@@H](C3)O4)n2)cc1)Nc1ccc(N2CCNCC2)cc1. The molecule has 12 heteroatoms.